The standard InChI is InChI=1S/C15H26N2O2S/c1-11(10-20-2)8-17-9-13(18)16-14(15(17)19)12-6-4-3-5-7-12/h11-12,14H,3-10H2,1-2H3,(H,16,18). The number of hydrogen-bond donors (Lipinski definition) is 1. The number of hydrogen-bond acceptors (Lipinski definition) is 3. The first-order valence-electron chi connectivity index (χ1n) is 7.69. The van der Waals surface area contributed by atoms with Crippen molar-refractivity contribution in [2.75, 3.05) is 25.1 Å². The molecule has 2 amide bonds. The molecule has 0 spiro atoms. The Hall–Kier alpha value is -0.710. The molecular formula is C15H26N2O2S. The van der Waals surface area contributed by atoms with E-state index in [9.17, 15) is 9.59 Å². The third-order valence-corrected chi connectivity index (χ3v) is 5.24. The summed E-state index contributed by atoms with van der Waals surface area (Å²) < 4.78 is 0. The highest BCUT2D eigenvalue weighted by atomic mass is 32.2. The summed E-state index contributed by atoms with van der Waals surface area (Å²) in [4.78, 5) is 26.3. The predicted molar refractivity (Wildman–Crippen MR) is 82.6 cm³/mol. The van der Waals surface area contributed by atoms with Crippen LogP contribution in [-0.2, 0) is 9.59 Å². The normalized spacial score (nSPS) is 26.5. The zero-order chi connectivity index (χ0) is 14.5. The number of carbonyl (C=O) groups is 2. The SMILES string of the molecule is CSCC(C)CN1CC(=O)NC(C2CCCCC2)C1=O. The van der Waals surface area contributed by atoms with Crippen molar-refractivity contribution >= 4 is 23.6 Å². The lowest BCUT2D eigenvalue weighted by Gasteiger charge is -2.38. The minimum Gasteiger partial charge on any atom is -0.342 e. The van der Waals surface area contributed by atoms with Crippen molar-refractivity contribution in [1.82, 2.24) is 10.2 Å². The number of carbonyl (C=O) groups excluding carboxylic acids is 2. The molecule has 0 aromatic rings. The van der Waals surface area contributed by atoms with E-state index in [4.69, 9.17) is 0 Å². The number of nitrogens with one attached hydrogen (secondary N) is 1. The molecule has 0 aromatic heterocycles. The number of rotatable bonds is 5. The topological polar surface area (TPSA) is 49.4 Å². The lowest BCUT2D eigenvalue weighted by molar-refractivity contribution is -0.146. The maximum atomic E-state index is 12.6. The van der Waals surface area contributed by atoms with Crippen LogP contribution in [0.3, 0.4) is 0 Å². The van der Waals surface area contributed by atoms with Crippen LogP contribution < -0.4 is 5.32 Å². The van der Waals surface area contributed by atoms with Gasteiger partial charge in [0.1, 0.15) is 6.04 Å². The summed E-state index contributed by atoms with van der Waals surface area (Å²) in [5.41, 5.74) is 0. The van der Waals surface area contributed by atoms with Gasteiger partial charge in [0.05, 0.1) is 6.54 Å². The molecule has 0 aromatic carbocycles. The third kappa shape index (κ3) is 3.90. The minimum atomic E-state index is -0.266. The molecule has 0 bridgehead atoms. The highest BCUT2D eigenvalue weighted by Gasteiger charge is 2.38. The first kappa shape index (κ1) is 15.7. The van der Waals surface area contributed by atoms with Gasteiger partial charge in [-0.05, 0) is 36.7 Å². The molecule has 1 heterocycles. The highest BCUT2D eigenvalue weighted by molar-refractivity contribution is 7.98. The Bertz CT molecular complexity index is 356. The number of nitrogens with zero attached hydrogens (tertiary/aromatic N) is 1. The fourth-order valence-electron chi connectivity index (χ4n) is 3.38. The van der Waals surface area contributed by atoms with E-state index in [1.54, 1.807) is 16.7 Å². The minimum absolute atomic E-state index is 0.0107. The van der Waals surface area contributed by atoms with Crippen molar-refractivity contribution < 1.29 is 9.59 Å². The van der Waals surface area contributed by atoms with Gasteiger partial charge in [-0.2, -0.15) is 11.8 Å². The maximum Gasteiger partial charge on any atom is 0.245 e. The summed E-state index contributed by atoms with van der Waals surface area (Å²) in [5.74, 6) is 1.96. The van der Waals surface area contributed by atoms with Gasteiger partial charge in [-0.15, -0.1) is 0 Å². The second-order valence-electron chi connectivity index (χ2n) is 6.22. The lowest BCUT2D eigenvalue weighted by Crippen LogP contribution is -2.61. The van der Waals surface area contributed by atoms with E-state index in [0.717, 1.165) is 18.6 Å². The first-order chi connectivity index (χ1) is 9.61. The van der Waals surface area contributed by atoms with E-state index in [1.165, 1.54) is 19.3 Å². The molecule has 1 aliphatic carbocycles. The summed E-state index contributed by atoms with van der Waals surface area (Å²) in [6, 6.07) is -0.266. The van der Waals surface area contributed by atoms with Crippen molar-refractivity contribution in [2.24, 2.45) is 11.8 Å². The Labute approximate surface area is 126 Å². The van der Waals surface area contributed by atoms with Crippen LogP contribution in [-0.4, -0.2) is 47.9 Å². The molecule has 2 fully saturated rings. The maximum absolute atomic E-state index is 12.6. The van der Waals surface area contributed by atoms with Crippen molar-refractivity contribution in [1.29, 1.82) is 0 Å². The van der Waals surface area contributed by atoms with Crippen LogP contribution in [0.4, 0.5) is 0 Å². The van der Waals surface area contributed by atoms with Crippen molar-refractivity contribution in [2.45, 2.75) is 45.1 Å². The van der Waals surface area contributed by atoms with E-state index in [2.05, 4.69) is 18.5 Å². The quantitative estimate of drug-likeness (QED) is 0.843. The van der Waals surface area contributed by atoms with Crippen LogP contribution in [0.2, 0.25) is 0 Å². The summed E-state index contributed by atoms with van der Waals surface area (Å²) in [6.45, 7) is 3.09. The van der Waals surface area contributed by atoms with Gasteiger partial charge in [-0.1, -0.05) is 26.2 Å². The molecule has 114 valence electrons. The Morgan fingerprint density at radius 1 is 1.30 bits per heavy atom. The van der Waals surface area contributed by atoms with Gasteiger partial charge < -0.3 is 10.2 Å². The molecule has 5 heteroatoms. The van der Waals surface area contributed by atoms with E-state index in [-0.39, 0.29) is 24.4 Å². The summed E-state index contributed by atoms with van der Waals surface area (Å²) in [6.07, 6.45) is 7.86. The van der Waals surface area contributed by atoms with Gasteiger partial charge >= 0.3 is 0 Å². The van der Waals surface area contributed by atoms with Gasteiger partial charge in [-0.25, -0.2) is 0 Å². The second kappa shape index (κ2) is 7.34. The molecule has 2 rings (SSSR count). The predicted octanol–water partition coefficient (Wildman–Crippen LogP) is 1.89. The third-order valence-electron chi connectivity index (χ3n) is 4.33. The number of amides is 2. The molecule has 1 aliphatic heterocycles. The lowest BCUT2D eigenvalue weighted by atomic mass is 9.82. The van der Waals surface area contributed by atoms with Crippen LogP contribution in [0.15, 0.2) is 0 Å². The smallest absolute Gasteiger partial charge is 0.245 e. The van der Waals surface area contributed by atoms with Crippen molar-refractivity contribution in [3.8, 4) is 0 Å². The molecule has 2 aliphatic rings. The molecule has 20 heavy (non-hydrogen) atoms. The molecule has 2 atom stereocenters. The summed E-state index contributed by atoms with van der Waals surface area (Å²) in [7, 11) is 0. The Balaban J connectivity index is 1.99. The van der Waals surface area contributed by atoms with Gasteiger partial charge in [0.2, 0.25) is 11.8 Å². The molecule has 4 nitrogen and oxygen atoms in total. The average molecular weight is 298 g/mol. The molecule has 1 N–H and O–H groups in total. The summed E-state index contributed by atoms with van der Waals surface area (Å²) in [5, 5.41) is 2.94. The van der Waals surface area contributed by atoms with E-state index >= 15 is 0 Å². The van der Waals surface area contributed by atoms with Crippen LogP contribution in [0.1, 0.15) is 39.0 Å². The Morgan fingerprint density at radius 2 is 2.00 bits per heavy atom. The van der Waals surface area contributed by atoms with Gasteiger partial charge in [-0.3, -0.25) is 9.59 Å². The number of thioether (sulfide) groups is 1. The number of piperazine rings is 1. The van der Waals surface area contributed by atoms with E-state index in [0.29, 0.717) is 18.4 Å². The van der Waals surface area contributed by atoms with Crippen LogP contribution >= 0.6 is 11.8 Å². The fourth-order valence-corrected chi connectivity index (χ4v) is 4.06. The van der Waals surface area contributed by atoms with Crippen molar-refractivity contribution in [3.63, 3.8) is 0 Å². The molecule has 1 saturated heterocycles. The molecule has 0 radical (unpaired) electrons. The largest absolute Gasteiger partial charge is 0.342 e. The van der Waals surface area contributed by atoms with E-state index in [1.807, 2.05) is 0 Å². The first-order valence-corrected chi connectivity index (χ1v) is 9.08. The van der Waals surface area contributed by atoms with Gasteiger partial charge in [0, 0.05) is 6.54 Å². The van der Waals surface area contributed by atoms with Crippen LogP contribution in [0.5, 0.6) is 0 Å². The fraction of sp³-hybridized carbons (Fsp3) is 0.867. The second-order valence-corrected chi connectivity index (χ2v) is 7.13. The molecule has 1 saturated carbocycles. The highest BCUT2D eigenvalue weighted by Crippen LogP contribution is 2.28. The summed E-state index contributed by atoms with van der Waals surface area (Å²) >= 11 is 1.79. The Morgan fingerprint density at radius 3 is 2.65 bits per heavy atom. The van der Waals surface area contributed by atoms with E-state index < -0.39 is 0 Å². The van der Waals surface area contributed by atoms with Gasteiger partial charge in [0.25, 0.3) is 0 Å². The molecular weight excluding hydrogens is 272 g/mol. The molecule has 2 unspecified atom stereocenters. The average Bonchev–Trinajstić information content (AvgIpc) is 2.43. The van der Waals surface area contributed by atoms with Crippen LogP contribution in [0, 0.1) is 11.8 Å². The monoisotopic (exact) mass is 298 g/mol. The zero-order valence-corrected chi connectivity index (χ0v) is 13.4. The van der Waals surface area contributed by atoms with Gasteiger partial charge in [0.15, 0.2) is 0 Å². The van der Waals surface area contributed by atoms with Crippen LogP contribution in [0.25, 0.3) is 0 Å². The zero-order valence-electron chi connectivity index (χ0n) is 12.6. The van der Waals surface area contributed by atoms with Crippen molar-refractivity contribution in [3.05, 3.63) is 0 Å². The Kier molecular flexibility index (Phi) is 5.75.